The highest BCUT2D eigenvalue weighted by atomic mass is 127. The molecule has 122 valence electrons. The minimum absolute atomic E-state index is 0.0110. The first-order chi connectivity index (χ1) is 10.8. The molecule has 0 aliphatic carbocycles. The Morgan fingerprint density at radius 3 is 2.57 bits per heavy atom. The number of ether oxygens (including phenoxy) is 1. The number of hydrogen-bond donors (Lipinski definition) is 2. The number of carbonyl (C=O) groups is 1. The summed E-state index contributed by atoms with van der Waals surface area (Å²) in [6.45, 7) is -0.563. The lowest BCUT2D eigenvalue weighted by atomic mass is 10.3. The van der Waals surface area contributed by atoms with Crippen molar-refractivity contribution in [2.45, 2.75) is 4.90 Å². The maximum absolute atomic E-state index is 12.4. The lowest BCUT2D eigenvalue weighted by molar-refractivity contribution is -0.139. The zero-order valence-corrected chi connectivity index (χ0v) is 15.2. The summed E-state index contributed by atoms with van der Waals surface area (Å²) >= 11 is 7.96. The van der Waals surface area contributed by atoms with Gasteiger partial charge in [0.2, 0.25) is 0 Å². The summed E-state index contributed by atoms with van der Waals surface area (Å²) in [7, 11) is -3.82. The fraction of sp³-hybridized carbons (Fsp3) is 0.0714. The average molecular weight is 468 g/mol. The largest absolute Gasteiger partial charge is 0.480 e. The van der Waals surface area contributed by atoms with E-state index in [0.29, 0.717) is 5.69 Å². The lowest BCUT2D eigenvalue weighted by Crippen LogP contribution is -2.14. The van der Waals surface area contributed by atoms with E-state index in [1.54, 1.807) is 24.3 Å². The fourth-order valence-electron chi connectivity index (χ4n) is 1.65. The highest BCUT2D eigenvalue weighted by Crippen LogP contribution is 2.29. The maximum Gasteiger partial charge on any atom is 0.341 e. The van der Waals surface area contributed by atoms with E-state index in [4.69, 9.17) is 21.4 Å². The molecule has 0 radical (unpaired) electrons. The summed E-state index contributed by atoms with van der Waals surface area (Å²) in [5.74, 6) is -1.06. The number of nitrogens with one attached hydrogen (secondary N) is 1. The number of halogens is 2. The number of anilines is 1. The molecular formula is C14H11ClINO5S. The van der Waals surface area contributed by atoms with Crippen molar-refractivity contribution in [1.29, 1.82) is 0 Å². The number of rotatable bonds is 6. The Morgan fingerprint density at radius 1 is 1.26 bits per heavy atom. The van der Waals surface area contributed by atoms with Crippen molar-refractivity contribution in [3.8, 4) is 5.75 Å². The Morgan fingerprint density at radius 2 is 1.96 bits per heavy atom. The average Bonchev–Trinajstić information content (AvgIpc) is 2.48. The third-order valence-corrected chi connectivity index (χ3v) is 5.28. The molecule has 0 bridgehead atoms. The Bertz CT molecular complexity index is 841. The summed E-state index contributed by atoms with van der Waals surface area (Å²) < 4.78 is 32.9. The normalized spacial score (nSPS) is 11.0. The van der Waals surface area contributed by atoms with Crippen molar-refractivity contribution in [3.63, 3.8) is 0 Å². The monoisotopic (exact) mass is 467 g/mol. The standard InChI is InChI=1S/C14H11ClINO5S/c15-10-7-9(5-6-13(10)22-8-14(18)19)23(20,21)17-12-4-2-1-3-11(12)16/h1-7,17H,8H2,(H,18,19). The molecule has 0 unspecified atom stereocenters. The third-order valence-electron chi connectivity index (χ3n) is 2.68. The predicted molar refractivity (Wildman–Crippen MR) is 94.6 cm³/mol. The van der Waals surface area contributed by atoms with Gasteiger partial charge in [-0.1, -0.05) is 23.7 Å². The Hall–Kier alpha value is -1.52. The first-order valence-corrected chi connectivity index (χ1v) is 9.15. The second-order valence-electron chi connectivity index (χ2n) is 4.36. The lowest BCUT2D eigenvalue weighted by Gasteiger charge is -2.11. The molecule has 0 aliphatic heterocycles. The van der Waals surface area contributed by atoms with Gasteiger partial charge in [0.25, 0.3) is 10.0 Å². The van der Waals surface area contributed by atoms with E-state index >= 15 is 0 Å². The molecule has 0 spiro atoms. The molecule has 23 heavy (non-hydrogen) atoms. The zero-order valence-electron chi connectivity index (χ0n) is 11.5. The molecule has 2 N–H and O–H groups in total. The molecule has 0 aliphatic rings. The van der Waals surface area contributed by atoms with E-state index in [0.717, 1.165) is 3.57 Å². The molecule has 0 aromatic heterocycles. The van der Waals surface area contributed by atoms with Crippen LogP contribution in [0.5, 0.6) is 5.75 Å². The van der Waals surface area contributed by atoms with Gasteiger partial charge in [-0.05, 0) is 52.9 Å². The van der Waals surface area contributed by atoms with Gasteiger partial charge in [-0.15, -0.1) is 0 Å². The van der Waals surface area contributed by atoms with Crippen LogP contribution in [0.4, 0.5) is 5.69 Å². The molecule has 0 heterocycles. The van der Waals surface area contributed by atoms with Crippen molar-refractivity contribution < 1.29 is 23.1 Å². The molecular weight excluding hydrogens is 457 g/mol. The molecule has 9 heteroatoms. The Balaban J connectivity index is 2.25. The third kappa shape index (κ3) is 4.72. The molecule has 6 nitrogen and oxygen atoms in total. The first-order valence-electron chi connectivity index (χ1n) is 6.21. The first kappa shape index (κ1) is 17.8. The molecule has 2 aromatic carbocycles. The van der Waals surface area contributed by atoms with Crippen LogP contribution in [0.3, 0.4) is 0 Å². The van der Waals surface area contributed by atoms with Crippen molar-refractivity contribution in [2.24, 2.45) is 0 Å². The number of carboxylic acids is 1. The number of hydrogen-bond acceptors (Lipinski definition) is 4. The minimum atomic E-state index is -3.82. The Labute approximate surface area is 151 Å². The van der Waals surface area contributed by atoms with Gasteiger partial charge < -0.3 is 9.84 Å². The van der Waals surface area contributed by atoms with Crippen LogP contribution in [0.15, 0.2) is 47.4 Å². The van der Waals surface area contributed by atoms with Gasteiger partial charge in [0.05, 0.1) is 15.6 Å². The van der Waals surface area contributed by atoms with Gasteiger partial charge in [-0.25, -0.2) is 13.2 Å². The zero-order chi connectivity index (χ0) is 17.0. The van der Waals surface area contributed by atoms with Crippen LogP contribution in [-0.4, -0.2) is 26.1 Å². The molecule has 0 fully saturated rings. The Kier molecular flexibility index (Phi) is 5.71. The van der Waals surface area contributed by atoms with Crippen LogP contribution in [-0.2, 0) is 14.8 Å². The van der Waals surface area contributed by atoms with Crippen LogP contribution in [0.2, 0.25) is 5.02 Å². The molecule has 2 rings (SSSR count). The number of sulfonamides is 1. The molecule has 0 saturated heterocycles. The highest BCUT2D eigenvalue weighted by molar-refractivity contribution is 14.1. The second-order valence-corrected chi connectivity index (χ2v) is 7.61. The van der Waals surface area contributed by atoms with Crippen molar-refractivity contribution in [1.82, 2.24) is 0 Å². The molecule has 0 saturated carbocycles. The van der Waals surface area contributed by atoms with Crippen LogP contribution < -0.4 is 9.46 Å². The van der Waals surface area contributed by atoms with Crippen molar-refractivity contribution >= 4 is 55.9 Å². The van der Waals surface area contributed by atoms with E-state index in [1.807, 2.05) is 22.6 Å². The summed E-state index contributed by atoms with van der Waals surface area (Å²) in [6, 6.07) is 10.7. The van der Waals surface area contributed by atoms with E-state index in [2.05, 4.69) is 4.72 Å². The van der Waals surface area contributed by atoms with Crippen LogP contribution in [0.1, 0.15) is 0 Å². The van der Waals surface area contributed by atoms with Gasteiger partial charge in [0, 0.05) is 3.57 Å². The SMILES string of the molecule is O=C(O)COc1ccc(S(=O)(=O)Nc2ccccc2I)cc1Cl. The fourth-order valence-corrected chi connectivity index (χ4v) is 3.76. The minimum Gasteiger partial charge on any atom is -0.480 e. The maximum atomic E-state index is 12.4. The number of benzene rings is 2. The summed E-state index contributed by atoms with van der Waals surface area (Å²) in [5.41, 5.74) is 0.454. The molecule has 0 atom stereocenters. The molecule has 0 amide bonds. The summed E-state index contributed by atoms with van der Waals surface area (Å²) in [4.78, 5) is 10.4. The predicted octanol–water partition coefficient (Wildman–Crippen LogP) is 3.21. The van der Waals surface area contributed by atoms with Gasteiger partial charge in [-0.2, -0.15) is 0 Å². The van der Waals surface area contributed by atoms with Gasteiger partial charge in [0.15, 0.2) is 6.61 Å². The van der Waals surface area contributed by atoms with Gasteiger partial charge in [-0.3, -0.25) is 4.72 Å². The van der Waals surface area contributed by atoms with E-state index in [1.165, 1.54) is 18.2 Å². The number of carboxylic acid groups (broad SMARTS) is 1. The van der Waals surface area contributed by atoms with Crippen LogP contribution in [0.25, 0.3) is 0 Å². The highest BCUT2D eigenvalue weighted by Gasteiger charge is 2.17. The van der Waals surface area contributed by atoms with Gasteiger partial charge in [0.1, 0.15) is 5.75 Å². The topological polar surface area (TPSA) is 92.7 Å². The smallest absolute Gasteiger partial charge is 0.341 e. The molecule has 2 aromatic rings. The number of para-hydroxylation sites is 1. The summed E-state index contributed by atoms with van der Waals surface area (Å²) in [6.07, 6.45) is 0. The van der Waals surface area contributed by atoms with Crippen LogP contribution in [0, 0.1) is 3.57 Å². The van der Waals surface area contributed by atoms with E-state index < -0.39 is 22.6 Å². The van der Waals surface area contributed by atoms with Gasteiger partial charge >= 0.3 is 5.97 Å². The number of aliphatic carboxylic acids is 1. The second kappa shape index (κ2) is 7.37. The van der Waals surface area contributed by atoms with Crippen molar-refractivity contribution in [3.05, 3.63) is 51.1 Å². The van der Waals surface area contributed by atoms with Crippen molar-refractivity contribution in [2.75, 3.05) is 11.3 Å². The quantitative estimate of drug-likeness (QED) is 0.637. The summed E-state index contributed by atoms with van der Waals surface area (Å²) in [5, 5.41) is 8.58. The van der Waals surface area contributed by atoms with E-state index in [-0.39, 0.29) is 15.7 Å². The van der Waals surface area contributed by atoms with E-state index in [9.17, 15) is 13.2 Å². The van der Waals surface area contributed by atoms with Crippen LogP contribution >= 0.6 is 34.2 Å².